The molecule has 12 heteroatoms. The van der Waals surface area contributed by atoms with Crippen LogP contribution in [0.4, 0.5) is 15.9 Å². The quantitative estimate of drug-likeness (QED) is 0.155. The van der Waals surface area contributed by atoms with E-state index in [1.165, 1.54) is 21.6 Å². The number of fused-ring (bicyclic) bond motifs is 1. The van der Waals surface area contributed by atoms with Gasteiger partial charge in [0.05, 0.1) is 23.0 Å². The van der Waals surface area contributed by atoms with Crippen LogP contribution < -0.4 is 16.4 Å². The minimum Gasteiger partial charge on any atom is -0.336 e. The number of aromatic nitrogens is 5. The lowest BCUT2D eigenvalue weighted by molar-refractivity contribution is 0.402. The lowest BCUT2D eigenvalue weighted by Gasteiger charge is -2.20. The lowest BCUT2D eigenvalue weighted by Crippen LogP contribution is -2.24. The van der Waals surface area contributed by atoms with Crippen molar-refractivity contribution in [1.29, 1.82) is 0 Å². The molecular formula is C32H35FIN7O2S. The zero-order valence-electron chi connectivity index (χ0n) is 25.7. The monoisotopic (exact) mass is 727 g/mol. The van der Waals surface area contributed by atoms with Crippen molar-refractivity contribution in [1.82, 2.24) is 29.4 Å². The molecule has 0 aliphatic heterocycles. The summed E-state index contributed by atoms with van der Waals surface area (Å²) in [5.41, 5.74) is 3.38. The van der Waals surface area contributed by atoms with Crippen LogP contribution in [0.3, 0.4) is 0 Å². The maximum Gasteiger partial charge on any atom is 0.290 e. The van der Waals surface area contributed by atoms with Crippen molar-refractivity contribution < 1.29 is 4.39 Å². The standard InChI is InChI=1S/C32H34FN7O2.HIS/c1-19-23(25-15-26(30(41)39(7)37-25)36-28-12-11-20(16-34-28)18-38(5)6)9-8-10-27(19)40-31(42)29-21(17-35-40)13-22(14-24(29)33)32(2,3)4;1-2/h8-17H,18H2,1-7H3,(H,34,36);2H. The molecule has 0 bridgehead atoms. The molecule has 0 aliphatic carbocycles. The van der Waals surface area contributed by atoms with Gasteiger partial charge in [0, 0.05) is 30.7 Å². The summed E-state index contributed by atoms with van der Waals surface area (Å²) < 4.78 is 17.7. The first-order valence-corrected chi connectivity index (χ1v) is 17.0. The Morgan fingerprint density at radius 2 is 1.75 bits per heavy atom. The van der Waals surface area contributed by atoms with Gasteiger partial charge < -0.3 is 10.2 Å². The van der Waals surface area contributed by atoms with E-state index in [-0.39, 0.29) is 16.4 Å². The number of nitrogens with one attached hydrogen (secondary N) is 1. The minimum absolute atomic E-state index is 0.0152. The summed E-state index contributed by atoms with van der Waals surface area (Å²) >= 11 is 1.84. The van der Waals surface area contributed by atoms with Crippen LogP contribution in [-0.2, 0) is 19.0 Å². The number of hydrogen-bond acceptors (Lipinski definition) is 8. The van der Waals surface area contributed by atoms with Gasteiger partial charge in [0.15, 0.2) is 0 Å². The van der Waals surface area contributed by atoms with Crippen molar-refractivity contribution in [2.24, 2.45) is 7.05 Å². The molecule has 230 valence electrons. The summed E-state index contributed by atoms with van der Waals surface area (Å²) in [5.74, 6) is -0.0491. The van der Waals surface area contributed by atoms with Crippen molar-refractivity contribution in [2.45, 2.75) is 39.7 Å². The fraction of sp³-hybridized carbons (Fsp3) is 0.281. The van der Waals surface area contributed by atoms with E-state index in [2.05, 4.69) is 30.3 Å². The molecule has 0 unspecified atom stereocenters. The van der Waals surface area contributed by atoms with Gasteiger partial charge >= 0.3 is 0 Å². The fourth-order valence-electron chi connectivity index (χ4n) is 4.89. The van der Waals surface area contributed by atoms with Crippen molar-refractivity contribution in [3.63, 3.8) is 0 Å². The van der Waals surface area contributed by atoms with Gasteiger partial charge in [-0.05, 0) is 94.7 Å². The molecule has 5 rings (SSSR count). The van der Waals surface area contributed by atoms with Crippen LogP contribution in [0.2, 0.25) is 0 Å². The number of nitrogens with zero attached hydrogens (tertiary/aromatic N) is 6. The van der Waals surface area contributed by atoms with Gasteiger partial charge in [0.1, 0.15) is 17.3 Å². The first kappa shape index (κ1) is 33.3. The van der Waals surface area contributed by atoms with E-state index in [9.17, 15) is 9.59 Å². The number of aryl methyl sites for hydroxylation is 1. The van der Waals surface area contributed by atoms with Crippen LogP contribution in [0.25, 0.3) is 27.7 Å². The number of pyridine rings is 1. The van der Waals surface area contributed by atoms with Crippen LogP contribution in [0.5, 0.6) is 0 Å². The van der Waals surface area contributed by atoms with Crippen molar-refractivity contribution in [3.8, 4) is 16.9 Å². The Bertz CT molecular complexity index is 1930. The number of benzene rings is 2. The second-order valence-corrected chi connectivity index (χ2v) is 11.8. The van der Waals surface area contributed by atoms with Gasteiger partial charge in [-0.3, -0.25) is 9.59 Å². The van der Waals surface area contributed by atoms with Crippen LogP contribution in [0.15, 0.2) is 70.5 Å². The molecule has 0 atom stereocenters. The molecule has 0 saturated carbocycles. The molecule has 0 amide bonds. The molecule has 0 spiro atoms. The smallest absolute Gasteiger partial charge is 0.290 e. The fourth-order valence-corrected chi connectivity index (χ4v) is 4.89. The number of halogens is 2. The number of rotatable bonds is 6. The summed E-state index contributed by atoms with van der Waals surface area (Å²) in [6, 6.07) is 14.1. The lowest BCUT2D eigenvalue weighted by atomic mass is 9.86. The summed E-state index contributed by atoms with van der Waals surface area (Å²) in [5, 5.41) is 12.4. The van der Waals surface area contributed by atoms with Crippen molar-refractivity contribution in [2.75, 3.05) is 19.4 Å². The van der Waals surface area contributed by atoms with E-state index >= 15 is 4.39 Å². The Kier molecular flexibility index (Phi) is 10.3. The zero-order chi connectivity index (χ0) is 32.3. The Labute approximate surface area is 273 Å². The molecule has 3 aromatic heterocycles. The van der Waals surface area contributed by atoms with E-state index in [1.807, 2.05) is 92.2 Å². The second kappa shape index (κ2) is 13.6. The SMILES string of the molecule is Cc1c(-c2cc(Nc3ccc(CN(C)C)cn3)c(=O)n(C)n2)cccc1-n1ncc2cc(C(C)(C)C)cc(F)c2c1=O.SI. The van der Waals surface area contributed by atoms with E-state index in [1.54, 1.807) is 31.4 Å². The predicted octanol–water partition coefficient (Wildman–Crippen LogP) is 6.36. The highest BCUT2D eigenvalue weighted by molar-refractivity contribution is 14.2. The molecule has 0 aliphatic rings. The summed E-state index contributed by atoms with van der Waals surface area (Å²) in [4.78, 5) is 33.0. The topological polar surface area (TPSA) is 97.9 Å². The molecule has 5 aromatic rings. The minimum atomic E-state index is -0.578. The number of anilines is 2. The Hall–Kier alpha value is -3.62. The third-order valence-corrected chi connectivity index (χ3v) is 7.16. The summed E-state index contributed by atoms with van der Waals surface area (Å²) in [6.45, 7) is 8.56. The first-order valence-electron chi connectivity index (χ1n) is 13.8. The second-order valence-electron chi connectivity index (χ2n) is 11.8. The maximum absolute atomic E-state index is 15.3. The molecule has 1 N–H and O–H groups in total. The molecule has 2 aromatic carbocycles. The van der Waals surface area contributed by atoms with E-state index in [0.29, 0.717) is 39.4 Å². The van der Waals surface area contributed by atoms with Crippen LogP contribution in [-0.4, -0.2) is 43.5 Å². The predicted molar refractivity (Wildman–Crippen MR) is 187 cm³/mol. The Morgan fingerprint density at radius 1 is 1.02 bits per heavy atom. The highest BCUT2D eigenvalue weighted by atomic mass is 127. The molecule has 0 saturated heterocycles. The normalized spacial score (nSPS) is 11.4. The first-order chi connectivity index (χ1) is 20.8. The van der Waals surface area contributed by atoms with Gasteiger partial charge in [-0.2, -0.15) is 14.9 Å². The highest BCUT2D eigenvalue weighted by Gasteiger charge is 2.20. The third kappa shape index (κ3) is 7.02. The maximum atomic E-state index is 15.3. The van der Waals surface area contributed by atoms with Crippen molar-refractivity contribution in [3.05, 3.63) is 104 Å². The van der Waals surface area contributed by atoms with Gasteiger partial charge in [0.2, 0.25) is 0 Å². The Morgan fingerprint density at radius 3 is 2.39 bits per heavy atom. The largest absolute Gasteiger partial charge is 0.336 e. The van der Waals surface area contributed by atoms with Gasteiger partial charge in [-0.15, -0.1) is 9.80 Å². The Balaban J connectivity index is 0.00000216. The molecule has 44 heavy (non-hydrogen) atoms. The molecule has 9 nitrogen and oxygen atoms in total. The summed E-state index contributed by atoms with van der Waals surface area (Å²) in [7, 11) is 9.04. The van der Waals surface area contributed by atoms with E-state index in [0.717, 1.165) is 17.7 Å². The average Bonchev–Trinajstić information content (AvgIpc) is 2.97. The highest BCUT2D eigenvalue weighted by Crippen LogP contribution is 2.29. The molecular weight excluding hydrogens is 692 g/mol. The average molecular weight is 728 g/mol. The van der Waals surface area contributed by atoms with Crippen molar-refractivity contribution >= 4 is 53.3 Å². The molecule has 0 fully saturated rings. The zero-order valence-corrected chi connectivity index (χ0v) is 28.7. The van der Waals surface area contributed by atoms with Crippen LogP contribution in [0.1, 0.15) is 37.5 Å². The summed E-state index contributed by atoms with van der Waals surface area (Å²) in [6.07, 6.45) is 3.29. The van der Waals surface area contributed by atoms with Crippen LogP contribution >= 0.6 is 31.0 Å². The van der Waals surface area contributed by atoms with Gasteiger partial charge in [-0.25, -0.2) is 14.1 Å². The van der Waals surface area contributed by atoms with Gasteiger partial charge in [0.25, 0.3) is 11.1 Å². The van der Waals surface area contributed by atoms with Crippen LogP contribution in [0, 0.1) is 12.7 Å². The molecule has 0 radical (unpaired) electrons. The van der Waals surface area contributed by atoms with E-state index in [4.69, 9.17) is 0 Å². The molecule has 3 heterocycles. The van der Waals surface area contributed by atoms with E-state index < -0.39 is 11.4 Å². The third-order valence-electron chi connectivity index (χ3n) is 7.16. The number of thiol groups is 1. The number of hydrogen-bond donors (Lipinski definition) is 2. The van der Waals surface area contributed by atoms with Gasteiger partial charge in [-0.1, -0.05) is 39.0 Å².